The van der Waals surface area contributed by atoms with Crippen LogP contribution in [-0.2, 0) is 11.3 Å². The highest BCUT2D eigenvalue weighted by molar-refractivity contribution is 5.94. The van der Waals surface area contributed by atoms with Crippen molar-refractivity contribution < 1.29 is 19.8 Å². The molecular formula is C13H13NO4. The van der Waals surface area contributed by atoms with E-state index in [-0.39, 0.29) is 12.0 Å². The highest BCUT2D eigenvalue weighted by Crippen LogP contribution is 2.18. The normalized spacial score (nSPS) is 10.7. The fourth-order valence-corrected chi connectivity index (χ4v) is 1.87. The molecule has 1 aromatic carbocycles. The van der Waals surface area contributed by atoms with Gasteiger partial charge in [-0.15, -0.1) is 0 Å². The largest absolute Gasteiger partial charge is 0.481 e. The third-order valence-corrected chi connectivity index (χ3v) is 2.75. The second-order valence-corrected chi connectivity index (χ2v) is 4.14. The number of aliphatic carboxylic acids is 1. The minimum absolute atomic E-state index is 0.134. The molecule has 5 heteroatoms. The zero-order chi connectivity index (χ0) is 13.1. The topological polar surface area (TPSA) is 79.5 Å². The summed E-state index contributed by atoms with van der Waals surface area (Å²) in [5.74, 6) is -1.75. The number of carboxylic acids is 2. The summed E-state index contributed by atoms with van der Waals surface area (Å²) in [4.78, 5) is 21.2. The van der Waals surface area contributed by atoms with Gasteiger partial charge in [0.25, 0.3) is 0 Å². The van der Waals surface area contributed by atoms with Gasteiger partial charge < -0.3 is 14.8 Å². The fraction of sp³-hybridized carbons (Fsp3) is 0.231. The molecule has 1 aromatic heterocycles. The first-order valence-corrected chi connectivity index (χ1v) is 5.61. The first kappa shape index (κ1) is 12.2. The van der Waals surface area contributed by atoms with Gasteiger partial charge in [-0.25, -0.2) is 4.79 Å². The zero-order valence-corrected chi connectivity index (χ0v) is 9.67. The first-order valence-electron chi connectivity index (χ1n) is 5.61. The van der Waals surface area contributed by atoms with Crippen molar-refractivity contribution in [3.8, 4) is 0 Å². The highest BCUT2D eigenvalue weighted by Gasteiger charge is 2.05. The Kier molecular flexibility index (Phi) is 3.32. The molecule has 0 radical (unpaired) electrons. The number of carboxylic acid groups (broad SMARTS) is 2. The molecule has 0 atom stereocenters. The lowest BCUT2D eigenvalue weighted by Crippen LogP contribution is -1.99. The number of hydrogen-bond donors (Lipinski definition) is 2. The van der Waals surface area contributed by atoms with Gasteiger partial charge in [-0.3, -0.25) is 4.79 Å². The van der Waals surface area contributed by atoms with Crippen molar-refractivity contribution >= 4 is 22.7 Å². The van der Waals surface area contributed by atoms with E-state index >= 15 is 0 Å². The van der Waals surface area contributed by atoms with E-state index in [1.54, 1.807) is 18.2 Å². The van der Waals surface area contributed by atoms with Gasteiger partial charge in [0.15, 0.2) is 0 Å². The summed E-state index contributed by atoms with van der Waals surface area (Å²) >= 11 is 0. The molecule has 0 spiro atoms. The Balaban J connectivity index is 2.16. The molecular weight excluding hydrogens is 234 g/mol. The van der Waals surface area contributed by atoms with E-state index in [0.717, 1.165) is 10.8 Å². The lowest BCUT2D eigenvalue weighted by Gasteiger charge is -1.99. The summed E-state index contributed by atoms with van der Waals surface area (Å²) in [5, 5.41) is 19.2. The number of aromatic carboxylic acids is 1. The van der Waals surface area contributed by atoms with Crippen molar-refractivity contribution in [3.05, 3.63) is 36.2 Å². The summed E-state index contributed by atoms with van der Waals surface area (Å²) in [6, 6.07) is 4.93. The number of rotatable bonds is 5. The summed E-state index contributed by atoms with van der Waals surface area (Å²) < 4.78 is 1.89. The molecule has 0 aliphatic heterocycles. The van der Waals surface area contributed by atoms with Gasteiger partial charge in [0.2, 0.25) is 0 Å². The van der Waals surface area contributed by atoms with Crippen LogP contribution >= 0.6 is 0 Å². The number of aryl methyl sites for hydroxylation is 1. The molecule has 2 aromatic rings. The summed E-state index contributed by atoms with van der Waals surface area (Å²) in [7, 11) is 0. The molecule has 0 amide bonds. The minimum Gasteiger partial charge on any atom is -0.481 e. The molecule has 0 bridgehead atoms. The molecule has 0 saturated heterocycles. The van der Waals surface area contributed by atoms with Gasteiger partial charge in [-0.1, -0.05) is 6.07 Å². The maximum atomic E-state index is 10.8. The molecule has 0 aliphatic carbocycles. The van der Waals surface area contributed by atoms with Gasteiger partial charge in [0.1, 0.15) is 0 Å². The van der Waals surface area contributed by atoms with Crippen LogP contribution in [0.25, 0.3) is 10.8 Å². The molecule has 18 heavy (non-hydrogen) atoms. The van der Waals surface area contributed by atoms with Crippen molar-refractivity contribution in [2.24, 2.45) is 0 Å². The van der Waals surface area contributed by atoms with Gasteiger partial charge in [0, 0.05) is 30.7 Å². The van der Waals surface area contributed by atoms with E-state index in [9.17, 15) is 9.59 Å². The Morgan fingerprint density at radius 3 is 2.50 bits per heavy atom. The molecule has 0 fully saturated rings. The Bertz CT molecular complexity index is 600. The number of carbonyl (C=O) groups is 2. The average molecular weight is 247 g/mol. The molecule has 0 aliphatic rings. The summed E-state index contributed by atoms with van der Waals surface area (Å²) in [6.45, 7) is 0.614. The fourth-order valence-electron chi connectivity index (χ4n) is 1.87. The standard InChI is InChI=1S/C13H13NO4/c15-12(16)2-1-5-14-7-10-4-3-9(13(17)18)6-11(10)8-14/h3-4,6-8H,1-2,5H2,(H,15,16)(H,17,18). The van der Waals surface area contributed by atoms with Crippen LogP contribution in [0, 0.1) is 0 Å². The Labute approximate surface area is 103 Å². The van der Waals surface area contributed by atoms with Crippen molar-refractivity contribution in [2.45, 2.75) is 19.4 Å². The van der Waals surface area contributed by atoms with Crippen LogP contribution in [0.2, 0.25) is 0 Å². The van der Waals surface area contributed by atoms with Crippen molar-refractivity contribution in [2.75, 3.05) is 0 Å². The van der Waals surface area contributed by atoms with Crippen LogP contribution in [0.3, 0.4) is 0 Å². The van der Waals surface area contributed by atoms with Crippen LogP contribution in [0.4, 0.5) is 0 Å². The number of nitrogens with zero attached hydrogens (tertiary/aromatic N) is 1. The van der Waals surface area contributed by atoms with Crippen LogP contribution in [0.5, 0.6) is 0 Å². The minimum atomic E-state index is -0.949. The third kappa shape index (κ3) is 2.68. The second kappa shape index (κ2) is 4.91. The maximum Gasteiger partial charge on any atom is 0.335 e. The van der Waals surface area contributed by atoms with E-state index in [4.69, 9.17) is 10.2 Å². The van der Waals surface area contributed by atoms with Gasteiger partial charge in [0.05, 0.1) is 5.56 Å². The van der Waals surface area contributed by atoms with Crippen LogP contribution in [0.1, 0.15) is 23.2 Å². The number of benzene rings is 1. The predicted octanol–water partition coefficient (Wildman–Crippen LogP) is 2.20. The molecule has 2 N–H and O–H groups in total. The van der Waals surface area contributed by atoms with Crippen molar-refractivity contribution in [1.29, 1.82) is 0 Å². The van der Waals surface area contributed by atoms with Gasteiger partial charge >= 0.3 is 11.9 Å². The summed E-state index contributed by atoms with van der Waals surface area (Å²) in [5.41, 5.74) is 0.255. The zero-order valence-electron chi connectivity index (χ0n) is 9.67. The lowest BCUT2D eigenvalue weighted by molar-refractivity contribution is -0.137. The van der Waals surface area contributed by atoms with Crippen molar-refractivity contribution in [1.82, 2.24) is 4.57 Å². The van der Waals surface area contributed by atoms with Gasteiger partial charge in [-0.2, -0.15) is 0 Å². The third-order valence-electron chi connectivity index (χ3n) is 2.75. The SMILES string of the molecule is O=C(O)CCCn1cc2ccc(C(=O)O)cc2c1. The van der Waals surface area contributed by atoms with Crippen LogP contribution in [-0.4, -0.2) is 26.7 Å². The quantitative estimate of drug-likeness (QED) is 0.848. The lowest BCUT2D eigenvalue weighted by atomic mass is 10.1. The van der Waals surface area contributed by atoms with Crippen LogP contribution in [0.15, 0.2) is 30.6 Å². The van der Waals surface area contributed by atoms with E-state index in [2.05, 4.69) is 0 Å². The molecule has 0 saturated carbocycles. The Morgan fingerprint density at radius 1 is 1.11 bits per heavy atom. The number of aromatic nitrogens is 1. The molecule has 2 rings (SSSR count). The molecule has 0 unspecified atom stereocenters. The highest BCUT2D eigenvalue weighted by atomic mass is 16.4. The second-order valence-electron chi connectivity index (χ2n) is 4.14. The van der Waals surface area contributed by atoms with E-state index in [1.807, 2.05) is 17.0 Å². The van der Waals surface area contributed by atoms with E-state index in [1.165, 1.54) is 0 Å². The Hall–Kier alpha value is -2.30. The number of fused-ring (bicyclic) bond motifs is 1. The van der Waals surface area contributed by atoms with Crippen molar-refractivity contribution in [3.63, 3.8) is 0 Å². The number of hydrogen-bond acceptors (Lipinski definition) is 2. The molecule has 94 valence electrons. The maximum absolute atomic E-state index is 10.8. The molecule has 5 nitrogen and oxygen atoms in total. The smallest absolute Gasteiger partial charge is 0.335 e. The van der Waals surface area contributed by atoms with E-state index in [0.29, 0.717) is 13.0 Å². The van der Waals surface area contributed by atoms with Crippen LogP contribution < -0.4 is 0 Å². The van der Waals surface area contributed by atoms with E-state index < -0.39 is 11.9 Å². The summed E-state index contributed by atoms with van der Waals surface area (Å²) in [6.07, 6.45) is 4.42. The predicted molar refractivity (Wildman–Crippen MR) is 65.8 cm³/mol. The average Bonchev–Trinajstić information content (AvgIpc) is 2.69. The monoisotopic (exact) mass is 247 g/mol. The van der Waals surface area contributed by atoms with Gasteiger partial charge in [-0.05, 0) is 23.9 Å². The molecule has 1 heterocycles. The Morgan fingerprint density at radius 2 is 1.83 bits per heavy atom. The first-order chi connectivity index (χ1) is 8.56.